The van der Waals surface area contributed by atoms with Gasteiger partial charge in [-0.15, -0.1) is 24.0 Å². The number of hydrogen-bond acceptors (Lipinski definition) is 2. The predicted octanol–water partition coefficient (Wildman–Crippen LogP) is 3.37. The molecule has 2 aliphatic rings. The molecule has 1 heterocycles. The van der Waals surface area contributed by atoms with Crippen LogP contribution in [0.5, 0.6) is 0 Å². The Morgan fingerprint density at radius 1 is 1.35 bits per heavy atom. The van der Waals surface area contributed by atoms with Crippen molar-refractivity contribution < 1.29 is 4.39 Å². The predicted molar refractivity (Wildman–Crippen MR) is 117 cm³/mol. The largest absolute Gasteiger partial charge is 0.356 e. The molecular formula is C20H32FIN4. The van der Waals surface area contributed by atoms with Crippen LogP contribution in [0.2, 0.25) is 0 Å². The highest BCUT2D eigenvalue weighted by molar-refractivity contribution is 14.0. The Labute approximate surface area is 174 Å². The van der Waals surface area contributed by atoms with Crippen molar-refractivity contribution in [3.05, 3.63) is 35.6 Å². The summed E-state index contributed by atoms with van der Waals surface area (Å²) in [6, 6.07) is 7.03. The van der Waals surface area contributed by atoms with E-state index in [2.05, 4.69) is 27.4 Å². The second-order valence-electron chi connectivity index (χ2n) is 7.55. The van der Waals surface area contributed by atoms with E-state index in [1.165, 1.54) is 38.5 Å². The maximum Gasteiger partial charge on any atom is 0.191 e. The molecule has 6 heteroatoms. The Morgan fingerprint density at radius 2 is 2.15 bits per heavy atom. The van der Waals surface area contributed by atoms with Gasteiger partial charge in [0.2, 0.25) is 0 Å². The molecule has 1 aromatic carbocycles. The van der Waals surface area contributed by atoms with E-state index >= 15 is 0 Å². The third kappa shape index (κ3) is 5.55. The Bertz CT molecular complexity index is 603. The van der Waals surface area contributed by atoms with Crippen LogP contribution < -0.4 is 10.6 Å². The van der Waals surface area contributed by atoms with Crippen molar-refractivity contribution in [1.29, 1.82) is 0 Å². The van der Waals surface area contributed by atoms with Gasteiger partial charge in [-0.3, -0.25) is 4.99 Å². The van der Waals surface area contributed by atoms with E-state index in [1.807, 2.05) is 13.1 Å². The van der Waals surface area contributed by atoms with E-state index < -0.39 is 0 Å². The van der Waals surface area contributed by atoms with Crippen LogP contribution in [0.25, 0.3) is 0 Å². The molecule has 0 bridgehead atoms. The van der Waals surface area contributed by atoms with Crippen molar-refractivity contribution in [2.45, 2.75) is 38.0 Å². The summed E-state index contributed by atoms with van der Waals surface area (Å²) in [6.07, 6.45) is 4.70. The number of nitrogens with one attached hydrogen (secondary N) is 2. The fraction of sp³-hybridized carbons (Fsp3) is 0.650. The third-order valence-corrected chi connectivity index (χ3v) is 5.58. The molecular weight excluding hydrogens is 442 g/mol. The van der Waals surface area contributed by atoms with Crippen LogP contribution in [0.3, 0.4) is 0 Å². The first kappa shape index (κ1) is 21.4. The van der Waals surface area contributed by atoms with Gasteiger partial charge in [-0.2, -0.15) is 0 Å². The Hall–Kier alpha value is -0.890. The number of benzene rings is 1. The number of likely N-dealkylation sites (tertiary alicyclic amines) is 1. The minimum Gasteiger partial charge on any atom is -0.356 e. The zero-order valence-electron chi connectivity index (χ0n) is 15.9. The van der Waals surface area contributed by atoms with E-state index in [0.29, 0.717) is 5.92 Å². The van der Waals surface area contributed by atoms with Gasteiger partial charge in [0.15, 0.2) is 5.96 Å². The summed E-state index contributed by atoms with van der Waals surface area (Å²) in [5.74, 6) is 1.41. The molecule has 0 radical (unpaired) electrons. The van der Waals surface area contributed by atoms with Gasteiger partial charge in [-0.05, 0) is 62.4 Å². The minimum absolute atomic E-state index is 0. The molecule has 1 aromatic rings. The summed E-state index contributed by atoms with van der Waals surface area (Å²) in [5.41, 5.74) is 1.17. The van der Waals surface area contributed by atoms with E-state index in [0.717, 1.165) is 37.5 Å². The van der Waals surface area contributed by atoms with Crippen molar-refractivity contribution in [2.75, 3.05) is 39.8 Å². The summed E-state index contributed by atoms with van der Waals surface area (Å²) in [7, 11) is 1.81. The molecule has 1 unspecified atom stereocenters. The number of nitrogens with zero attached hydrogens (tertiary/aromatic N) is 2. The van der Waals surface area contributed by atoms with Crippen molar-refractivity contribution in [3.8, 4) is 0 Å². The van der Waals surface area contributed by atoms with Crippen LogP contribution in [0, 0.1) is 11.7 Å². The summed E-state index contributed by atoms with van der Waals surface area (Å²) in [6.45, 7) is 7.62. The van der Waals surface area contributed by atoms with Gasteiger partial charge in [0.25, 0.3) is 0 Å². The standard InChI is InChI=1S/C20H31FN4.HI/c1-3-10-25-11-7-16(14-25)13-23-19(22-2)24-15-20(8-9-20)17-5-4-6-18(21)12-17;/h4-6,12,16H,3,7-11,13-15H2,1-2H3,(H2,22,23,24);1H. The van der Waals surface area contributed by atoms with Gasteiger partial charge in [0.05, 0.1) is 0 Å². The molecule has 1 atom stereocenters. The molecule has 3 rings (SSSR count). The van der Waals surface area contributed by atoms with Crippen LogP contribution in [0.1, 0.15) is 38.2 Å². The van der Waals surface area contributed by atoms with Crippen LogP contribution >= 0.6 is 24.0 Å². The van der Waals surface area contributed by atoms with Gasteiger partial charge in [0.1, 0.15) is 5.82 Å². The SMILES string of the molecule is CCCN1CCC(CNC(=NC)NCC2(c3cccc(F)c3)CC2)C1.I. The molecule has 2 fully saturated rings. The first-order valence-corrected chi connectivity index (χ1v) is 9.58. The summed E-state index contributed by atoms with van der Waals surface area (Å²) in [5, 5.41) is 6.93. The number of guanidine groups is 1. The first-order valence-electron chi connectivity index (χ1n) is 9.58. The molecule has 2 N–H and O–H groups in total. The maximum atomic E-state index is 13.5. The summed E-state index contributed by atoms with van der Waals surface area (Å²) < 4.78 is 13.5. The van der Waals surface area contributed by atoms with Crippen LogP contribution in [0.4, 0.5) is 4.39 Å². The average Bonchev–Trinajstić information content (AvgIpc) is 3.28. The first-order chi connectivity index (χ1) is 12.1. The molecule has 0 aromatic heterocycles. The quantitative estimate of drug-likeness (QED) is 0.362. The van der Waals surface area contributed by atoms with Crippen molar-refractivity contribution >= 4 is 29.9 Å². The molecule has 1 saturated carbocycles. The van der Waals surface area contributed by atoms with Crippen molar-refractivity contribution in [2.24, 2.45) is 10.9 Å². The molecule has 1 aliphatic carbocycles. The Morgan fingerprint density at radius 3 is 2.81 bits per heavy atom. The second kappa shape index (κ2) is 9.88. The molecule has 0 amide bonds. The highest BCUT2D eigenvalue weighted by Crippen LogP contribution is 2.47. The number of hydrogen-bond donors (Lipinski definition) is 2. The molecule has 1 aliphatic heterocycles. The van der Waals surface area contributed by atoms with Crippen LogP contribution in [-0.4, -0.2) is 50.6 Å². The number of aliphatic imine (C=N–C) groups is 1. The minimum atomic E-state index is -0.149. The van der Waals surface area contributed by atoms with Gasteiger partial charge in [-0.1, -0.05) is 19.1 Å². The lowest BCUT2D eigenvalue weighted by Gasteiger charge is -2.20. The smallest absolute Gasteiger partial charge is 0.191 e. The maximum absolute atomic E-state index is 13.5. The fourth-order valence-corrected chi connectivity index (χ4v) is 3.85. The van der Waals surface area contributed by atoms with E-state index in [4.69, 9.17) is 0 Å². The van der Waals surface area contributed by atoms with Gasteiger partial charge in [-0.25, -0.2) is 4.39 Å². The highest BCUT2D eigenvalue weighted by Gasteiger charge is 2.44. The van der Waals surface area contributed by atoms with E-state index in [1.54, 1.807) is 12.1 Å². The van der Waals surface area contributed by atoms with Gasteiger partial charge >= 0.3 is 0 Å². The van der Waals surface area contributed by atoms with Crippen LogP contribution in [0.15, 0.2) is 29.3 Å². The molecule has 1 saturated heterocycles. The van der Waals surface area contributed by atoms with Gasteiger partial charge < -0.3 is 15.5 Å². The zero-order valence-corrected chi connectivity index (χ0v) is 18.3. The van der Waals surface area contributed by atoms with Crippen molar-refractivity contribution in [1.82, 2.24) is 15.5 Å². The lowest BCUT2D eigenvalue weighted by Crippen LogP contribution is -2.43. The Balaban J connectivity index is 0.00000243. The molecule has 26 heavy (non-hydrogen) atoms. The zero-order chi connectivity index (χ0) is 17.7. The molecule has 4 nitrogen and oxygen atoms in total. The molecule has 0 spiro atoms. The molecule has 146 valence electrons. The highest BCUT2D eigenvalue weighted by atomic mass is 127. The average molecular weight is 474 g/mol. The summed E-state index contributed by atoms with van der Waals surface area (Å²) >= 11 is 0. The van der Waals surface area contributed by atoms with E-state index in [-0.39, 0.29) is 35.2 Å². The lowest BCUT2D eigenvalue weighted by atomic mass is 9.96. The van der Waals surface area contributed by atoms with Crippen LogP contribution in [-0.2, 0) is 5.41 Å². The lowest BCUT2D eigenvalue weighted by molar-refractivity contribution is 0.324. The number of rotatable bonds is 7. The van der Waals surface area contributed by atoms with Crippen molar-refractivity contribution in [3.63, 3.8) is 0 Å². The van der Waals surface area contributed by atoms with E-state index in [9.17, 15) is 4.39 Å². The Kier molecular flexibility index (Phi) is 8.13. The number of halogens is 2. The monoisotopic (exact) mass is 474 g/mol. The fourth-order valence-electron chi connectivity index (χ4n) is 3.85. The summed E-state index contributed by atoms with van der Waals surface area (Å²) in [4.78, 5) is 6.90. The third-order valence-electron chi connectivity index (χ3n) is 5.58. The normalized spacial score (nSPS) is 22.0. The second-order valence-corrected chi connectivity index (χ2v) is 7.55. The topological polar surface area (TPSA) is 39.7 Å². The van der Waals surface area contributed by atoms with Gasteiger partial charge in [0, 0.05) is 32.1 Å².